The van der Waals surface area contributed by atoms with Gasteiger partial charge in [-0.1, -0.05) is 29.8 Å². The smallest absolute Gasteiger partial charge is 0.358 e. The molecule has 5 fully saturated rings. The SMILES string of the molecule is O=C(CC12CC3CC(C1)CC(n1cc(Br)c([N+](=O)[O-])n1)(C3)C2)N1CCN(Cc2ccccc2Cl)CC1. The summed E-state index contributed by atoms with van der Waals surface area (Å²) in [6.07, 6.45) is 8.66. The number of carbonyl (C=O) groups excluding carboxylic acids is 1. The average Bonchev–Trinajstić information content (AvgIpc) is 3.23. The molecule has 1 aromatic heterocycles. The third-order valence-electron chi connectivity index (χ3n) is 9.07. The molecule has 4 saturated carbocycles. The molecule has 2 aromatic rings. The predicted octanol–water partition coefficient (Wildman–Crippen LogP) is 5.24. The lowest BCUT2D eigenvalue weighted by Gasteiger charge is -2.61. The molecule has 192 valence electrons. The first-order chi connectivity index (χ1) is 17.2. The molecule has 0 radical (unpaired) electrons. The van der Waals surface area contributed by atoms with E-state index < -0.39 is 4.92 Å². The van der Waals surface area contributed by atoms with Crippen molar-refractivity contribution in [1.82, 2.24) is 19.6 Å². The number of rotatable bonds is 6. The van der Waals surface area contributed by atoms with Crippen LogP contribution in [-0.4, -0.2) is 56.6 Å². The highest BCUT2D eigenvalue weighted by molar-refractivity contribution is 9.10. The van der Waals surface area contributed by atoms with Crippen LogP contribution in [0.1, 0.15) is 50.5 Å². The van der Waals surface area contributed by atoms with Crippen molar-refractivity contribution in [3.63, 3.8) is 0 Å². The Morgan fingerprint density at radius 3 is 2.47 bits per heavy atom. The molecule has 1 aromatic carbocycles. The van der Waals surface area contributed by atoms with Gasteiger partial charge in [0.05, 0.1) is 16.8 Å². The van der Waals surface area contributed by atoms with E-state index in [1.807, 2.05) is 27.8 Å². The minimum Gasteiger partial charge on any atom is -0.358 e. The Hall–Kier alpha value is -1.97. The predicted molar refractivity (Wildman–Crippen MR) is 140 cm³/mol. The van der Waals surface area contributed by atoms with Gasteiger partial charge in [-0.05, 0) is 88.3 Å². The van der Waals surface area contributed by atoms with Crippen molar-refractivity contribution in [3.8, 4) is 0 Å². The van der Waals surface area contributed by atoms with Crippen LogP contribution in [0.3, 0.4) is 0 Å². The summed E-state index contributed by atoms with van der Waals surface area (Å²) in [5.74, 6) is 1.27. The van der Waals surface area contributed by atoms with E-state index in [1.54, 1.807) is 6.20 Å². The van der Waals surface area contributed by atoms with Gasteiger partial charge in [-0.3, -0.25) is 9.69 Å². The lowest BCUT2D eigenvalue weighted by atomic mass is 9.46. The van der Waals surface area contributed by atoms with E-state index >= 15 is 0 Å². The fourth-order valence-corrected chi connectivity index (χ4v) is 8.66. The molecule has 5 aliphatic rings. The van der Waals surface area contributed by atoms with Gasteiger partial charge in [-0.25, -0.2) is 0 Å². The number of hydrogen-bond donors (Lipinski definition) is 0. The van der Waals surface area contributed by atoms with Crippen molar-refractivity contribution in [1.29, 1.82) is 0 Å². The van der Waals surface area contributed by atoms with E-state index in [2.05, 4.69) is 32.0 Å². The molecule has 36 heavy (non-hydrogen) atoms. The molecular weight excluding hydrogens is 546 g/mol. The lowest BCUT2D eigenvalue weighted by Crippen LogP contribution is -2.58. The molecule has 2 unspecified atom stereocenters. The zero-order chi connectivity index (χ0) is 25.1. The minimum absolute atomic E-state index is 0.0247. The van der Waals surface area contributed by atoms with Gasteiger partial charge >= 0.3 is 5.82 Å². The number of amides is 1. The number of carbonyl (C=O) groups is 1. The maximum Gasteiger partial charge on any atom is 0.404 e. The molecular formula is C26H31BrClN5O3. The maximum atomic E-state index is 13.6. The normalized spacial score (nSPS) is 31.7. The summed E-state index contributed by atoms with van der Waals surface area (Å²) in [4.78, 5) is 29.0. The Kier molecular flexibility index (Phi) is 6.16. The van der Waals surface area contributed by atoms with Crippen LogP contribution >= 0.6 is 27.5 Å². The Morgan fingerprint density at radius 2 is 1.83 bits per heavy atom. The van der Waals surface area contributed by atoms with E-state index in [-0.39, 0.29) is 22.7 Å². The Bertz CT molecular complexity index is 1180. The van der Waals surface area contributed by atoms with Crippen LogP contribution < -0.4 is 0 Å². The molecule has 0 spiro atoms. The fraction of sp³-hybridized carbons (Fsp3) is 0.615. The molecule has 0 N–H and O–H groups in total. The molecule has 2 heterocycles. The van der Waals surface area contributed by atoms with E-state index in [9.17, 15) is 14.9 Å². The third-order valence-corrected chi connectivity index (χ3v) is 9.99. The van der Waals surface area contributed by atoms with Crippen molar-refractivity contribution in [2.45, 2.75) is 57.0 Å². The van der Waals surface area contributed by atoms with Crippen LogP contribution in [0.2, 0.25) is 5.02 Å². The number of hydrogen-bond acceptors (Lipinski definition) is 5. The van der Waals surface area contributed by atoms with Crippen molar-refractivity contribution in [2.75, 3.05) is 26.2 Å². The summed E-state index contributed by atoms with van der Waals surface area (Å²) in [6, 6.07) is 7.95. The van der Waals surface area contributed by atoms with Gasteiger partial charge in [0, 0.05) is 44.2 Å². The van der Waals surface area contributed by atoms with Crippen LogP contribution in [-0.2, 0) is 16.9 Å². The van der Waals surface area contributed by atoms with E-state index in [1.165, 1.54) is 6.42 Å². The van der Waals surface area contributed by atoms with Crippen molar-refractivity contribution in [2.24, 2.45) is 17.3 Å². The highest BCUT2D eigenvalue weighted by Crippen LogP contribution is 2.65. The number of halogens is 2. The second-order valence-corrected chi connectivity index (χ2v) is 12.9. The quantitative estimate of drug-likeness (QED) is 0.347. The number of benzene rings is 1. The van der Waals surface area contributed by atoms with Gasteiger partial charge in [0.25, 0.3) is 0 Å². The summed E-state index contributed by atoms with van der Waals surface area (Å²) < 4.78 is 2.31. The monoisotopic (exact) mass is 575 g/mol. The summed E-state index contributed by atoms with van der Waals surface area (Å²) >= 11 is 9.68. The lowest BCUT2D eigenvalue weighted by molar-refractivity contribution is -0.390. The van der Waals surface area contributed by atoms with Crippen molar-refractivity contribution < 1.29 is 9.72 Å². The Labute approximate surface area is 224 Å². The highest BCUT2D eigenvalue weighted by atomic mass is 79.9. The average molecular weight is 577 g/mol. The van der Waals surface area contributed by atoms with Gasteiger partial charge < -0.3 is 15.0 Å². The van der Waals surface area contributed by atoms with E-state index in [4.69, 9.17) is 11.6 Å². The van der Waals surface area contributed by atoms with Gasteiger partial charge in [-0.15, -0.1) is 0 Å². The highest BCUT2D eigenvalue weighted by Gasteiger charge is 2.60. The second kappa shape index (κ2) is 9.10. The van der Waals surface area contributed by atoms with Crippen LogP contribution in [0.25, 0.3) is 0 Å². The summed E-state index contributed by atoms with van der Waals surface area (Å²) in [5.41, 5.74) is 0.890. The molecule has 1 saturated heterocycles. The second-order valence-electron chi connectivity index (χ2n) is 11.6. The number of aromatic nitrogens is 2. The Morgan fingerprint density at radius 1 is 1.14 bits per heavy atom. The number of piperazine rings is 1. The van der Waals surface area contributed by atoms with Crippen LogP contribution in [0.4, 0.5) is 5.82 Å². The number of nitro groups is 1. The Balaban J connectivity index is 1.13. The van der Waals surface area contributed by atoms with E-state index in [0.717, 1.165) is 75.4 Å². The third kappa shape index (κ3) is 4.37. The van der Waals surface area contributed by atoms with Crippen LogP contribution in [0.5, 0.6) is 0 Å². The van der Waals surface area contributed by atoms with Crippen molar-refractivity contribution >= 4 is 39.3 Å². The molecule has 2 atom stereocenters. The molecule has 10 heteroatoms. The topological polar surface area (TPSA) is 84.5 Å². The molecule has 1 amide bonds. The maximum absolute atomic E-state index is 13.6. The van der Waals surface area contributed by atoms with Gasteiger partial charge in [-0.2, -0.15) is 4.68 Å². The molecule has 4 aliphatic carbocycles. The molecule has 4 bridgehead atoms. The molecule has 7 rings (SSSR count). The minimum atomic E-state index is -0.425. The first kappa shape index (κ1) is 24.4. The summed E-state index contributed by atoms with van der Waals surface area (Å²) in [6.45, 7) is 4.00. The first-order valence-electron chi connectivity index (χ1n) is 12.9. The first-order valence-corrected chi connectivity index (χ1v) is 14.0. The zero-order valence-corrected chi connectivity index (χ0v) is 22.6. The van der Waals surface area contributed by atoms with E-state index in [0.29, 0.717) is 22.7 Å². The largest absolute Gasteiger partial charge is 0.404 e. The van der Waals surface area contributed by atoms with Gasteiger partial charge in [0.15, 0.2) is 0 Å². The van der Waals surface area contributed by atoms with Gasteiger partial charge in [0.2, 0.25) is 5.91 Å². The summed E-state index contributed by atoms with van der Waals surface area (Å²) in [7, 11) is 0. The fourth-order valence-electron chi connectivity index (χ4n) is 8.04. The van der Waals surface area contributed by atoms with Crippen LogP contribution in [0, 0.1) is 27.4 Å². The van der Waals surface area contributed by atoms with Gasteiger partial charge in [0.1, 0.15) is 4.47 Å². The summed E-state index contributed by atoms with van der Waals surface area (Å²) in [5, 5.41) is 16.6. The van der Waals surface area contributed by atoms with Crippen molar-refractivity contribution in [3.05, 3.63) is 55.6 Å². The zero-order valence-electron chi connectivity index (χ0n) is 20.2. The number of nitrogens with zero attached hydrogens (tertiary/aromatic N) is 5. The standard InChI is InChI=1S/C26H31BrClN5O3/c27-21-16-32(29-24(21)33(35)36)26-12-18-9-19(13-26)11-25(10-18,17-26)14-23(34)31-7-5-30(6-8-31)15-20-3-1-2-4-22(20)28/h1-4,16,18-19H,5-15,17H2. The van der Waals surface area contributed by atoms with Crippen LogP contribution in [0.15, 0.2) is 34.9 Å². The molecule has 1 aliphatic heterocycles. The molecule has 8 nitrogen and oxygen atoms in total.